The maximum absolute atomic E-state index is 5.79. The zero-order valence-electron chi connectivity index (χ0n) is 14.3. The van der Waals surface area contributed by atoms with Crippen LogP contribution in [0.3, 0.4) is 0 Å². The van der Waals surface area contributed by atoms with Gasteiger partial charge in [0.15, 0.2) is 0 Å². The summed E-state index contributed by atoms with van der Waals surface area (Å²) in [6.45, 7) is 17.3. The second kappa shape index (κ2) is 5.98. The molecule has 0 radical (unpaired) electrons. The van der Waals surface area contributed by atoms with Crippen molar-refractivity contribution in [3.05, 3.63) is 29.8 Å². The first-order chi connectivity index (χ1) is 9.68. The van der Waals surface area contributed by atoms with E-state index in [9.17, 15) is 0 Å². The van der Waals surface area contributed by atoms with Crippen molar-refractivity contribution in [3.8, 4) is 0 Å². The van der Waals surface area contributed by atoms with Gasteiger partial charge in [0.1, 0.15) is 0 Å². The van der Waals surface area contributed by atoms with Crippen LogP contribution in [0.5, 0.6) is 0 Å². The molecule has 2 rings (SSSR count). The van der Waals surface area contributed by atoms with E-state index in [0.29, 0.717) is 5.54 Å². The fourth-order valence-electron chi connectivity index (χ4n) is 3.16. The van der Waals surface area contributed by atoms with Crippen molar-refractivity contribution in [1.82, 2.24) is 9.80 Å². The van der Waals surface area contributed by atoms with E-state index < -0.39 is 0 Å². The van der Waals surface area contributed by atoms with Gasteiger partial charge in [-0.2, -0.15) is 0 Å². The number of rotatable bonds is 3. The standard InChI is InChI=1S/C18H31N3/c1-17(2,3)21-12-10-20(11-13-21)14-18(4,5)15-6-8-16(19)9-7-15/h6-9H,10-14,19H2,1-5H3. The molecular weight excluding hydrogens is 258 g/mol. The van der Waals surface area contributed by atoms with Crippen molar-refractivity contribution in [3.63, 3.8) is 0 Å². The van der Waals surface area contributed by atoms with E-state index in [1.165, 1.54) is 18.7 Å². The Morgan fingerprint density at radius 2 is 1.43 bits per heavy atom. The Kier molecular flexibility index (Phi) is 4.64. The zero-order valence-corrected chi connectivity index (χ0v) is 14.3. The van der Waals surface area contributed by atoms with E-state index in [-0.39, 0.29) is 5.41 Å². The van der Waals surface area contributed by atoms with Crippen molar-refractivity contribution in [2.75, 3.05) is 38.5 Å². The summed E-state index contributed by atoms with van der Waals surface area (Å²) < 4.78 is 0. The van der Waals surface area contributed by atoms with Crippen LogP contribution in [0.4, 0.5) is 5.69 Å². The Hall–Kier alpha value is -1.06. The molecule has 1 saturated heterocycles. The number of piperazine rings is 1. The Morgan fingerprint density at radius 1 is 0.905 bits per heavy atom. The van der Waals surface area contributed by atoms with Crippen molar-refractivity contribution in [1.29, 1.82) is 0 Å². The highest BCUT2D eigenvalue weighted by molar-refractivity contribution is 5.41. The first-order valence-electron chi connectivity index (χ1n) is 8.02. The van der Waals surface area contributed by atoms with E-state index in [1.54, 1.807) is 0 Å². The molecule has 1 fully saturated rings. The largest absolute Gasteiger partial charge is 0.399 e. The normalized spacial score (nSPS) is 18.9. The van der Waals surface area contributed by atoms with Gasteiger partial charge in [0.05, 0.1) is 0 Å². The van der Waals surface area contributed by atoms with E-state index in [4.69, 9.17) is 5.73 Å². The number of nitrogens with two attached hydrogens (primary N) is 1. The topological polar surface area (TPSA) is 32.5 Å². The molecule has 1 heterocycles. The van der Waals surface area contributed by atoms with Crippen molar-refractivity contribution in [2.24, 2.45) is 0 Å². The van der Waals surface area contributed by atoms with E-state index >= 15 is 0 Å². The number of anilines is 1. The highest BCUT2D eigenvalue weighted by Crippen LogP contribution is 2.26. The Morgan fingerprint density at radius 3 is 1.90 bits per heavy atom. The summed E-state index contributed by atoms with van der Waals surface area (Å²) >= 11 is 0. The highest BCUT2D eigenvalue weighted by atomic mass is 15.3. The smallest absolute Gasteiger partial charge is 0.0314 e. The Labute approximate surface area is 130 Å². The summed E-state index contributed by atoms with van der Waals surface area (Å²) in [4.78, 5) is 5.18. The average molecular weight is 289 g/mol. The van der Waals surface area contributed by atoms with Gasteiger partial charge >= 0.3 is 0 Å². The second-order valence-corrected chi connectivity index (χ2v) is 7.94. The number of benzene rings is 1. The van der Waals surface area contributed by atoms with Gasteiger partial charge in [-0.15, -0.1) is 0 Å². The molecule has 0 amide bonds. The highest BCUT2D eigenvalue weighted by Gasteiger charge is 2.29. The number of hydrogen-bond acceptors (Lipinski definition) is 3. The van der Waals surface area contributed by atoms with Gasteiger partial charge in [-0.1, -0.05) is 26.0 Å². The van der Waals surface area contributed by atoms with E-state index in [0.717, 1.165) is 25.3 Å². The summed E-state index contributed by atoms with van der Waals surface area (Å²) in [7, 11) is 0. The summed E-state index contributed by atoms with van der Waals surface area (Å²) in [5, 5.41) is 0. The van der Waals surface area contributed by atoms with Gasteiger partial charge in [0, 0.05) is 49.4 Å². The molecule has 0 spiro atoms. The molecule has 0 atom stereocenters. The third kappa shape index (κ3) is 4.21. The molecule has 1 aromatic carbocycles. The van der Waals surface area contributed by atoms with Crippen molar-refractivity contribution >= 4 is 5.69 Å². The molecule has 118 valence electrons. The van der Waals surface area contributed by atoms with Crippen LogP contribution in [0, 0.1) is 0 Å². The first kappa shape index (κ1) is 16.3. The fraction of sp³-hybridized carbons (Fsp3) is 0.667. The van der Waals surface area contributed by atoms with E-state index in [2.05, 4.69) is 56.6 Å². The lowest BCUT2D eigenvalue weighted by molar-refractivity contribution is 0.0542. The minimum Gasteiger partial charge on any atom is -0.399 e. The molecule has 21 heavy (non-hydrogen) atoms. The zero-order chi connectivity index (χ0) is 15.7. The van der Waals surface area contributed by atoms with E-state index in [1.807, 2.05) is 12.1 Å². The molecule has 3 heteroatoms. The second-order valence-electron chi connectivity index (χ2n) is 7.94. The minimum atomic E-state index is 0.164. The van der Waals surface area contributed by atoms with Crippen LogP contribution in [0.25, 0.3) is 0 Å². The lowest BCUT2D eigenvalue weighted by atomic mass is 9.84. The van der Waals surface area contributed by atoms with Crippen molar-refractivity contribution in [2.45, 2.75) is 45.6 Å². The Bertz CT molecular complexity index is 448. The third-order valence-corrected chi connectivity index (χ3v) is 4.63. The molecule has 0 aromatic heterocycles. The lowest BCUT2D eigenvalue weighted by Gasteiger charge is -2.44. The first-order valence-corrected chi connectivity index (χ1v) is 8.02. The molecule has 2 N–H and O–H groups in total. The molecule has 0 unspecified atom stereocenters. The molecule has 1 aliphatic rings. The molecule has 0 bridgehead atoms. The molecule has 0 saturated carbocycles. The average Bonchev–Trinajstić information content (AvgIpc) is 2.38. The van der Waals surface area contributed by atoms with Crippen LogP contribution in [-0.2, 0) is 5.41 Å². The summed E-state index contributed by atoms with van der Waals surface area (Å²) in [5.41, 5.74) is 8.46. The van der Waals surface area contributed by atoms with Gasteiger partial charge in [-0.25, -0.2) is 0 Å². The maximum Gasteiger partial charge on any atom is 0.0314 e. The Balaban J connectivity index is 1.94. The summed E-state index contributed by atoms with van der Waals surface area (Å²) in [5.74, 6) is 0. The van der Waals surface area contributed by atoms with Gasteiger partial charge in [-0.05, 0) is 38.5 Å². The van der Waals surface area contributed by atoms with Gasteiger partial charge < -0.3 is 5.73 Å². The SMILES string of the molecule is CC(C)(CN1CCN(C(C)(C)C)CC1)c1ccc(N)cc1. The molecule has 1 aliphatic heterocycles. The quantitative estimate of drug-likeness (QED) is 0.868. The summed E-state index contributed by atoms with van der Waals surface area (Å²) in [6, 6.07) is 8.35. The number of hydrogen-bond donors (Lipinski definition) is 1. The molecule has 3 nitrogen and oxygen atoms in total. The fourth-order valence-corrected chi connectivity index (χ4v) is 3.16. The number of nitrogen functional groups attached to an aromatic ring is 1. The predicted octanol–water partition coefficient (Wildman–Crippen LogP) is 2.96. The minimum absolute atomic E-state index is 0.164. The maximum atomic E-state index is 5.79. The summed E-state index contributed by atoms with van der Waals surface area (Å²) in [6.07, 6.45) is 0. The third-order valence-electron chi connectivity index (χ3n) is 4.63. The number of nitrogens with zero attached hydrogens (tertiary/aromatic N) is 2. The van der Waals surface area contributed by atoms with Crippen LogP contribution >= 0.6 is 0 Å². The molecular formula is C18H31N3. The van der Waals surface area contributed by atoms with Gasteiger partial charge in [-0.3, -0.25) is 9.80 Å². The van der Waals surface area contributed by atoms with Crippen molar-refractivity contribution < 1.29 is 0 Å². The van der Waals surface area contributed by atoms with Crippen LogP contribution in [0.1, 0.15) is 40.2 Å². The van der Waals surface area contributed by atoms with Crippen LogP contribution in [0.2, 0.25) is 0 Å². The monoisotopic (exact) mass is 289 g/mol. The lowest BCUT2D eigenvalue weighted by Crippen LogP contribution is -2.55. The van der Waals surface area contributed by atoms with Crippen LogP contribution < -0.4 is 5.73 Å². The molecule has 1 aromatic rings. The van der Waals surface area contributed by atoms with Gasteiger partial charge in [0.25, 0.3) is 0 Å². The van der Waals surface area contributed by atoms with Gasteiger partial charge in [0.2, 0.25) is 0 Å². The van der Waals surface area contributed by atoms with Crippen LogP contribution in [-0.4, -0.2) is 48.1 Å². The van der Waals surface area contributed by atoms with Crippen LogP contribution in [0.15, 0.2) is 24.3 Å². The molecule has 0 aliphatic carbocycles. The predicted molar refractivity (Wildman–Crippen MR) is 91.6 cm³/mol.